The van der Waals surface area contributed by atoms with Crippen LogP contribution in [0.25, 0.3) is 0 Å². The Morgan fingerprint density at radius 1 is 1.19 bits per heavy atom. The number of furan rings is 1. The molecule has 114 valence electrons. The molecule has 21 heavy (non-hydrogen) atoms. The Labute approximate surface area is 122 Å². The van der Waals surface area contributed by atoms with Crippen molar-refractivity contribution < 1.29 is 17.6 Å². The summed E-state index contributed by atoms with van der Waals surface area (Å²) >= 11 is 0. The van der Waals surface area contributed by atoms with E-state index in [-0.39, 0.29) is 11.6 Å². The van der Waals surface area contributed by atoms with Gasteiger partial charge in [0.2, 0.25) is 0 Å². The Balaban J connectivity index is 2.32. The minimum Gasteiger partial charge on any atom is -0.472 e. The fraction of sp³-hybridized carbons (Fsp3) is 0.375. The fourth-order valence-electron chi connectivity index (χ4n) is 2.31. The largest absolute Gasteiger partial charge is 0.472 e. The highest BCUT2D eigenvalue weighted by molar-refractivity contribution is 5.33. The van der Waals surface area contributed by atoms with Gasteiger partial charge in [0.05, 0.1) is 18.1 Å². The maximum absolute atomic E-state index is 13.2. The van der Waals surface area contributed by atoms with Crippen LogP contribution in [0.5, 0.6) is 0 Å². The monoisotopic (exact) mass is 297 g/mol. The SMILES string of the molecule is CCCNC(Cc1ccoc1)c1ccccc1C(F)(F)F. The summed E-state index contributed by atoms with van der Waals surface area (Å²) in [6, 6.07) is 7.11. The zero-order chi connectivity index (χ0) is 15.3. The third-order valence-electron chi connectivity index (χ3n) is 3.30. The summed E-state index contributed by atoms with van der Waals surface area (Å²) in [6.07, 6.45) is 0.0670. The van der Waals surface area contributed by atoms with Gasteiger partial charge in [0.25, 0.3) is 0 Å². The van der Waals surface area contributed by atoms with Crippen molar-refractivity contribution in [1.29, 1.82) is 0 Å². The average Bonchev–Trinajstić information content (AvgIpc) is 2.95. The van der Waals surface area contributed by atoms with E-state index in [2.05, 4.69) is 5.32 Å². The second-order valence-corrected chi connectivity index (χ2v) is 4.93. The van der Waals surface area contributed by atoms with Crippen LogP contribution in [0.1, 0.15) is 36.1 Å². The predicted molar refractivity (Wildman–Crippen MR) is 74.9 cm³/mol. The van der Waals surface area contributed by atoms with Crippen LogP contribution >= 0.6 is 0 Å². The first kappa shape index (κ1) is 15.6. The van der Waals surface area contributed by atoms with E-state index in [1.54, 1.807) is 18.4 Å². The van der Waals surface area contributed by atoms with Crippen molar-refractivity contribution in [2.24, 2.45) is 0 Å². The van der Waals surface area contributed by atoms with Crippen LogP contribution in [0.3, 0.4) is 0 Å². The van der Waals surface area contributed by atoms with Crippen molar-refractivity contribution in [1.82, 2.24) is 5.32 Å². The molecule has 0 radical (unpaired) electrons. The number of nitrogens with one attached hydrogen (secondary N) is 1. The summed E-state index contributed by atoms with van der Waals surface area (Å²) in [6.45, 7) is 2.65. The Hall–Kier alpha value is -1.75. The van der Waals surface area contributed by atoms with Crippen LogP contribution in [0.4, 0.5) is 13.2 Å². The highest BCUT2D eigenvalue weighted by atomic mass is 19.4. The minimum atomic E-state index is -4.35. The van der Waals surface area contributed by atoms with Gasteiger partial charge < -0.3 is 9.73 Å². The smallest absolute Gasteiger partial charge is 0.416 e. The van der Waals surface area contributed by atoms with Crippen LogP contribution in [0.15, 0.2) is 47.3 Å². The molecule has 1 unspecified atom stereocenters. The van der Waals surface area contributed by atoms with E-state index in [1.807, 2.05) is 6.92 Å². The molecule has 1 heterocycles. The first-order valence-electron chi connectivity index (χ1n) is 6.93. The van der Waals surface area contributed by atoms with Crippen molar-refractivity contribution in [2.75, 3.05) is 6.54 Å². The van der Waals surface area contributed by atoms with Gasteiger partial charge in [0.15, 0.2) is 0 Å². The minimum absolute atomic E-state index is 0.277. The number of rotatable bonds is 6. The van der Waals surface area contributed by atoms with Crippen LogP contribution in [-0.2, 0) is 12.6 Å². The standard InChI is InChI=1S/C16H18F3NO/c1-2-8-20-15(10-12-7-9-21-11-12)13-5-3-4-6-14(13)16(17,18)19/h3-7,9,11,15,20H,2,8,10H2,1H3. The van der Waals surface area contributed by atoms with E-state index in [4.69, 9.17) is 4.42 Å². The molecule has 0 fully saturated rings. The number of hydrogen-bond donors (Lipinski definition) is 1. The maximum Gasteiger partial charge on any atom is 0.416 e. The van der Waals surface area contributed by atoms with Crippen LogP contribution in [0.2, 0.25) is 0 Å². The van der Waals surface area contributed by atoms with Crippen molar-refractivity contribution in [2.45, 2.75) is 32.0 Å². The molecule has 2 aromatic rings. The lowest BCUT2D eigenvalue weighted by molar-refractivity contribution is -0.138. The van der Waals surface area contributed by atoms with Crippen LogP contribution < -0.4 is 5.32 Å². The van der Waals surface area contributed by atoms with E-state index < -0.39 is 11.7 Å². The first-order chi connectivity index (χ1) is 10.0. The molecular formula is C16H18F3NO. The van der Waals surface area contributed by atoms with E-state index >= 15 is 0 Å². The van der Waals surface area contributed by atoms with Gasteiger partial charge in [-0.25, -0.2) is 0 Å². The zero-order valence-electron chi connectivity index (χ0n) is 11.8. The van der Waals surface area contributed by atoms with Crippen molar-refractivity contribution in [3.05, 3.63) is 59.5 Å². The summed E-state index contributed by atoms with van der Waals surface area (Å²) in [7, 11) is 0. The lowest BCUT2D eigenvalue weighted by atomic mass is 9.95. The fourth-order valence-corrected chi connectivity index (χ4v) is 2.31. The molecule has 1 N–H and O–H groups in total. The molecular weight excluding hydrogens is 279 g/mol. The molecule has 0 saturated carbocycles. The van der Waals surface area contributed by atoms with Gasteiger partial charge in [-0.1, -0.05) is 25.1 Å². The summed E-state index contributed by atoms with van der Waals surface area (Å²) in [5.74, 6) is 0. The van der Waals surface area contributed by atoms with Crippen molar-refractivity contribution in [3.8, 4) is 0 Å². The molecule has 5 heteroatoms. The molecule has 0 spiro atoms. The Kier molecular flexibility index (Phi) is 5.07. The average molecular weight is 297 g/mol. The number of hydrogen-bond acceptors (Lipinski definition) is 2. The Morgan fingerprint density at radius 3 is 2.57 bits per heavy atom. The van der Waals surface area contributed by atoms with Crippen LogP contribution in [0, 0.1) is 0 Å². The van der Waals surface area contributed by atoms with Crippen molar-refractivity contribution >= 4 is 0 Å². The van der Waals surface area contributed by atoms with Gasteiger partial charge in [-0.2, -0.15) is 13.2 Å². The predicted octanol–water partition coefficient (Wildman–Crippen LogP) is 4.58. The highest BCUT2D eigenvalue weighted by Gasteiger charge is 2.34. The van der Waals surface area contributed by atoms with Crippen molar-refractivity contribution in [3.63, 3.8) is 0 Å². The molecule has 1 atom stereocenters. The number of alkyl halides is 3. The quantitative estimate of drug-likeness (QED) is 0.844. The van der Waals surface area contributed by atoms with E-state index in [0.29, 0.717) is 13.0 Å². The maximum atomic E-state index is 13.2. The van der Waals surface area contributed by atoms with Gasteiger partial charge in [-0.05, 0) is 42.6 Å². The molecule has 0 saturated heterocycles. The lowest BCUT2D eigenvalue weighted by Crippen LogP contribution is -2.26. The Morgan fingerprint density at radius 2 is 1.95 bits per heavy atom. The number of benzene rings is 1. The summed E-state index contributed by atoms with van der Waals surface area (Å²) in [5, 5.41) is 3.19. The van der Waals surface area contributed by atoms with Gasteiger partial charge in [-0.15, -0.1) is 0 Å². The summed E-state index contributed by atoms with van der Waals surface area (Å²) in [4.78, 5) is 0. The lowest BCUT2D eigenvalue weighted by Gasteiger charge is -2.22. The zero-order valence-corrected chi connectivity index (χ0v) is 11.8. The summed E-state index contributed by atoms with van der Waals surface area (Å²) < 4.78 is 44.5. The molecule has 0 aliphatic rings. The third-order valence-corrected chi connectivity index (χ3v) is 3.30. The summed E-state index contributed by atoms with van der Waals surface area (Å²) in [5.41, 5.74) is 0.572. The van der Waals surface area contributed by atoms with E-state index in [1.165, 1.54) is 18.4 Å². The molecule has 1 aromatic heterocycles. The van der Waals surface area contributed by atoms with Gasteiger partial charge >= 0.3 is 6.18 Å². The second kappa shape index (κ2) is 6.80. The number of halogens is 3. The van der Waals surface area contributed by atoms with E-state index in [0.717, 1.165) is 18.1 Å². The van der Waals surface area contributed by atoms with Gasteiger partial charge in [0, 0.05) is 6.04 Å². The molecule has 2 nitrogen and oxygen atoms in total. The Bertz CT molecular complexity index is 549. The normalized spacial score (nSPS) is 13.3. The van der Waals surface area contributed by atoms with Gasteiger partial charge in [0.1, 0.15) is 0 Å². The van der Waals surface area contributed by atoms with Crippen LogP contribution in [-0.4, -0.2) is 6.54 Å². The third kappa shape index (κ3) is 4.11. The first-order valence-corrected chi connectivity index (χ1v) is 6.93. The second-order valence-electron chi connectivity index (χ2n) is 4.93. The molecule has 0 aliphatic carbocycles. The molecule has 0 amide bonds. The highest BCUT2D eigenvalue weighted by Crippen LogP contribution is 2.35. The molecule has 1 aromatic carbocycles. The molecule has 0 aliphatic heterocycles. The van der Waals surface area contributed by atoms with E-state index in [9.17, 15) is 13.2 Å². The molecule has 2 rings (SSSR count). The topological polar surface area (TPSA) is 25.2 Å². The van der Waals surface area contributed by atoms with Gasteiger partial charge in [-0.3, -0.25) is 0 Å². The molecule has 0 bridgehead atoms.